The van der Waals surface area contributed by atoms with Crippen molar-refractivity contribution in [2.24, 2.45) is 0 Å². The lowest BCUT2D eigenvalue weighted by molar-refractivity contribution is -0.688. The number of anilines is 1. The third-order valence-electron chi connectivity index (χ3n) is 15.4. The number of carbonyl (C=O) groups excluding carboxylic acids is 6. The van der Waals surface area contributed by atoms with Crippen molar-refractivity contribution in [2.45, 2.75) is 127 Å². The van der Waals surface area contributed by atoms with E-state index in [-0.39, 0.29) is 99.1 Å². The number of nitrogens with zero attached hydrogens (tertiary/aromatic N) is 7. The van der Waals surface area contributed by atoms with Crippen LogP contribution in [0.2, 0.25) is 0 Å². The predicted octanol–water partition coefficient (Wildman–Crippen LogP) is 0.493. The Morgan fingerprint density at radius 3 is 2.27 bits per heavy atom. The number of aryl methyl sites for hydroxylation is 1. The number of fused-ring (bicyclic) bond motifs is 6. The number of rotatable bonds is 20. The Bertz CT molecular complexity index is 3890. The number of alkyl halides is 3. The summed E-state index contributed by atoms with van der Waals surface area (Å²) in [6.07, 6.45) is -4.64. The highest BCUT2D eigenvalue weighted by Gasteiger charge is 2.49. The number of unbranched alkanes of at least 4 members (excludes halogenated alkanes) is 2. The zero-order chi connectivity index (χ0) is 63.6. The standard InChI is InChI=1S/C56H55N9O17.C2HF3O2/c1-2-56(77)35-21-38-47-33(26-65(38)52(73)34(35)27-78-55(56)76)46(32-20-40-41(80-28-79-40)22-36(32)59-47)30-13-17-62(18-14-30)24-29-9-10-39(81-54-50(72)48(70)49(71)51(82-54)53(74)75)37(19-29)58-43(67)8-6-15-63-25-31(60-61-63)23-57-42(66)7-4-3-5-16-64-44(68)11-12-45(64)69;3-2(4,5)1(6)7/h9-14,17-22,25,48-51,54,70-72,77H,2-8,15-16,23-24,26-28H2,1H3,(H2-,57,58,66,67,74,75);(H,6,7)/t48-,49-,50+,51+,54+,56-;/m0./s1. The number of cyclic esters (lactones) is 1. The summed E-state index contributed by atoms with van der Waals surface area (Å²) < 4.78 is 64.6. The van der Waals surface area contributed by atoms with Gasteiger partial charge in [0.15, 0.2) is 42.1 Å². The topological polar surface area (TPSA) is 387 Å². The van der Waals surface area contributed by atoms with E-state index in [9.17, 15) is 72.3 Å². The molecule has 9 heterocycles. The van der Waals surface area contributed by atoms with E-state index in [1.54, 1.807) is 42.0 Å². The minimum absolute atomic E-state index is 0.0154. The summed E-state index contributed by atoms with van der Waals surface area (Å²) in [4.78, 5) is 104. The number of halogens is 3. The van der Waals surface area contributed by atoms with Crippen molar-refractivity contribution in [3.63, 3.8) is 0 Å². The van der Waals surface area contributed by atoms with Crippen molar-refractivity contribution in [1.29, 1.82) is 0 Å². The average Bonchev–Trinajstić information content (AvgIpc) is 1.65. The molecule has 0 unspecified atom stereocenters. The second kappa shape index (κ2) is 25.6. The second-order valence-corrected chi connectivity index (χ2v) is 21.2. The van der Waals surface area contributed by atoms with Crippen molar-refractivity contribution in [1.82, 2.24) is 34.8 Å². The van der Waals surface area contributed by atoms with Crippen LogP contribution in [0.3, 0.4) is 0 Å². The normalized spacial score (nSPS) is 20.5. The van der Waals surface area contributed by atoms with Crippen molar-refractivity contribution < 1.29 is 106 Å². The smallest absolute Gasteiger partial charge is 0.430 e. The number of hydrogen-bond acceptors (Lipinski definition) is 21. The van der Waals surface area contributed by atoms with E-state index in [1.807, 2.05) is 35.2 Å². The summed E-state index contributed by atoms with van der Waals surface area (Å²) in [5, 5.41) is 76.2. The molecule has 0 saturated carbocycles. The predicted molar refractivity (Wildman–Crippen MR) is 292 cm³/mol. The first kappa shape index (κ1) is 62.4. The number of aromatic nitrogens is 6. The van der Waals surface area contributed by atoms with E-state index < -0.39 is 71.9 Å². The van der Waals surface area contributed by atoms with Gasteiger partial charge in [0.25, 0.3) is 17.4 Å². The molecule has 6 atom stereocenters. The number of hydrogen-bond donors (Lipinski definition) is 7. The van der Waals surface area contributed by atoms with Crippen LogP contribution in [0.1, 0.15) is 79.8 Å². The molecule has 1 fully saturated rings. The lowest BCUT2D eigenvalue weighted by atomic mass is 9.86. The molecular weight excluding hydrogens is 1180 g/mol. The van der Waals surface area contributed by atoms with Gasteiger partial charge in [0.1, 0.15) is 42.3 Å². The molecule has 7 N–H and O–H groups in total. The van der Waals surface area contributed by atoms with Gasteiger partial charge < -0.3 is 74.3 Å². The highest BCUT2D eigenvalue weighted by molar-refractivity contribution is 6.12. The van der Waals surface area contributed by atoms with E-state index in [4.69, 9.17) is 38.6 Å². The SMILES string of the molecule is CC[C@@]1(O)C(=O)OCc2c1cc1n(c2=O)Cc2c-1nc1cc3c(cc1c2-c1cc[n+](Cc2ccc(O[C@@H]4O[C@@H](C(=O)O)[C@@H](O)[C@H](O)[C@H]4O)c(NC(=O)CCCn4cc(CNC(=O)CCCCCN5C(=O)C=CC5=O)nn4)c2)cc1)OCO3.O=C([O-])C(F)(F)F. The van der Waals surface area contributed by atoms with E-state index in [0.717, 1.165) is 27.0 Å². The van der Waals surface area contributed by atoms with Gasteiger partial charge in [-0.05, 0) is 67.1 Å². The first-order valence-electron chi connectivity index (χ1n) is 27.8. The van der Waals surface area contributed by atoms with E-state index >= 15 is 0 Å². The highest BCUT2D eigenvalue weighted by Crippen LogP contribution is 2.46. The van der Waals surface area contributed by atoms with Crippen LogP contribution in [0.25, 0.3) is 33.4 Å². The molecule has 28 nitrogen and oxygen atoms in total. The van der Waals surface area contributed by atoms with Crippen LogP contribution >= 0.6 is 0 Å². The molecule has 0 spiro atoms. The molecule has 4 aromatic heterocycles. The Hall–Kier alpha value is -9.69. The van der Waals surface area contributed by atoms with Gasteiger partial charge in [-0.1, -0.05) is 18.6 Å². The number of benzene rings is 2. The Morgan fingerprint density at radius 2 is 1.57 bits per heavy atom. The summed E-state index contributed by atoms with van der Waals surface area (Å²) in [6, 6.07) is 13.8. The van der Waals surface area contributed by atoms with Crippen LogP contribution in [0.5, 0.6) is 17.2 Å². The molecule has 6 aromatic rings. The second-order valence-electron chi connectivity index (χ2n) is 21.2. The molecule has 31 heteroatoms. The summed E-state index contributed by atoms with van der Waals surface area (Å²) in [6.45, 7) is 2.43. The highest BCUT2D eigenvalue weighted by atomic mass is 19.4. The number of nitrogens with one attached hydrogen (secondary N) is 2. The first-order chi connectivity index (χ1) is 42.4. The Balaban J connectivity index is 0.00000118. The number of carboxylic acid groups (broad SMARTS) is 2. The molecule has 5 aliphatic rings. The fourth-order valence-corrected chi connectivity index (χ4v) is 10.7. The van der Waals surface area contributed by atoms with Crippen molar-refractivity contribution in [3.8, 4) is 39.8 Å². The van der Waals surface area contributed by atoms with Gasteiger partial charge in [-0.25, -0.2) is 19.1 Å². The van der Waals surface area contributed by atoms with E-state index in [2.05, 4.69) is 20.9 Å². The number of imide groups is 1. The molecule has 11 rings (SSSR count). The summed E-state index contributed by atoms with van der Waals surface area (Å²) >= 11 is 0. The zero-order valence-electron chi connectivity index (χ0n) is 47.0. The molecule has 0 radical (unpaired) electrons. The fourth-order valence-electron chi connectivity index (χ4n) is 10.7. The molecule has 4 amide bonds. The first-order valence-corrected chi connectivity index (χ1v) is 27.8. The number of carboxylic acids is 2. The summed E-state index contributed by atoms with van der Waals surface area (Å²) in [7, 11) is 0. The summed E-state index contributed by atoms with van der Waals surface area (Å²) in [5.74, 6) is -5.82. The van der Waals surface area contributed by atoms with Crippen LogP contribution in [-0.4, -0.2) is 147 Å². The number of pyridine rings is 3. The average molecular weight is 1240 g/mol. The molecule has 468 valence electrons. The zero-order valence-corrected chi connectivity index (χ0v) is 47.0. The lowest BCUT2D eigenvalue weighted by Gasteiger charge is -2.38. The summed E-state index contributed by atoms with van der Waals surface area (Å²) in [5.41, 5.74) is 2.89. The van der Waals surface area contributed by atoms with Gasteiger partial charge >= 0.3 is 18.1 Å². The maximum Gasteiger partial charge on any atom is 0.430 e. The molecule has 0 aliphatic carbocycles. The van der Waals surface area contributed by atoms with Gasteiger partial charge in [-0.3, -0.25) is 33.6 Å². The van der Waals surface area contributed by atoms with Gasteiger partial charge in [-0.15, -0.1) is 5.10 Å². The number of esters is 1. The maximum atomic E-state index is 14.2. The monoisotopic (exact) mass is 1240 g/mol. The number of aliphatic hydroxyl groups is 4. The van der Waals surface area contributed by atoms with Crippen molar-refractivity contribution in [3.05, 3.63) is 118 Å². The lowest BCUT2D eigenvalue weighted by Crippen LogP contribution is -2.61. The van der Waals surface area contributed by atoms with Crippen LogP contribution in [-0.2, 0) is 81.4 Å². The third-order valence-corrected chi connectivity index (χ3v) is 15.4. The largest absolute Gasteiger partial charge is 0.542 e. The minimum Gasteiger partial charge on any atom is -0.542 e. The fraction of sp³-hybridized carbons (Fsp3) is 0.379. The van der Waals surface area contributed by atoms with Crippen LogP contribution < -0.4 is 40.1 Å². The van der Waals surface area contributed by atoms with Crippen LogP contribution in [0.15, 0.2) is 84.1 Å². The number of amides is 4. The third kappa shape index (κ3) is 13.1. The Kier molecular flexibility index (Phi) is 17.9. The number of carbonyl (C=O) groups is 7. The molecule has 0 bridgehead atoms. The van der Waals surface area contributed by atoms with Crippen LogP contribution in [0, 0.1) is 0 Å². The van der Waals surface area contributed by atoms with Gasteiger partial charge in [-0.2, -0.15) is 13.2 Å². The molecule has 1 saturated heterocycles. The molecule has 2 aromatic carbocycles. The Morgan fingerprint density at radius 1 is 0.865 bits per heavy atom. The van der Waals surface area contributed by atoms with Gasteiger partial charge in [0, 0.05) is 78.4 Å². The molecule has 5 aliphatic heterocycles. The quantitative estimate of drug-likeness (QED) is 0.0236. The van der Waals surface area contributed by atoms with Crippen molar-refractivity contribution >= 4 is 58.1 Å². The van der Waals surface area contributed by atoms with E-state index in [1.165, 1.54) is 22.9 Å². The molecule has 89 heavy (non-hydrogen) atoms. The number of aliphatic hydroxyl groups excluding tert-OH is 3. The molecular formula is C58H56F3N9O19. The maximum absolute atomic E-state index is 14.2. The van der Waals surface area contributed by atoms with E-state index in [0.29, 0.717) is 71.9 Å². The van der Waals surface area contributed by atoms with Gasteiger partial charge in [0.2, 0.25) is 24.9 Å². The van der Waals surface area contributed by atoms with Crippen LogP contribution in [0.4, 0.5) is 18.9 Å². The minimum atomic E-state index is -5.19. The number of ether oxygens (including phenoxy) is 5. The Labute approximate surface area is 500 Å². The number of aliphatic carboxylic acids is 2. The van der Waals surface area contributed by atoms with Crippen molar-refractivity contribution in [2.75, 3.05) is 18.7 Å². The van der Waals surface area contributed by atoms with Gasteiger partial charge in [0.05, 0.1) is 47.4 Å².